The molecule has 3 rings (SSSR count). The fraction of sp³-hybridized carbons (Fsp3) is 0.609. The van der Waals surface area contributed by atoms with Crippen LogP contribution < -0.4 is 10.6 Å². The van der Waals surface area contributed by atoms with Crippen molar-refractivity contribution < 1.29 is 19.1 Å². The van der Waals surface area contributed by atoms with E-state index in [1.165, 1.54) is 0 Å². The molecule has 0 saturated carbocycles. The Hall–Kier alpha value is -2.12. The molecule has 2 aliphatic heterocycles. The van der Waals surface area contributed by atoms with Crippen molar-refractivity contribution in [1.82, 2.24) is 15.5 Å². The third kappa shape index (κ3) is 5.77. The highest BCUT2D eigenvalue weighted by Gasteiger charge is 2.42. The standard InChI is InChI=1S/C23H32ClN3O4/c1-16-15-31-14-6-5-9-23(22(30)26-17(2)20(28)25-16)10-12-27(13-11-23)21(29)18-7-3-4-8-19(18)24/h3-4,7-8,16-17H,5-6,9-15H2,1-2H3,(H,25,28)(H,26,30)/t16-,17-/m0/s1. The van der Waals surface area contributed by atoms with E-state index in [1.54, 1.807) is 36.1 Å². The van der Waals surface area contributed by atoms with E-state index in [2.05, 4.69) is 10.6 Å². The minimum atomic E-state index is -0.629. The molecule has 3 amide bonds. The molecule has 2 heterocycles. The summed E-state index contributed by atoms with van der Waals surface area (Å²) in [6, 6.07) is 6.28. The van der Waals surface area contributed by atoms with Crippen LogP contribution in [0.25, 0.3) is 0 Å². The van der Waals surface area contributed by atoms with E-state index in [4.69, 9.17) is 16.3 Å². The van der Waals surface area contributed by atoms with Crippen molar-refractivity contribution in [2.75, 3.05) is 26.3 Å². The highest BCUT2D eigenvalue weighted by Crippen LogP contribution is 2.38. The SMILES string of the molecule is C[C@@H]1NC(=O)C2(CCCCOC[C@H](C)NC1=O)CCN(C(=O)c1ccccc1Cl)CC2. The highest BCUT2D eigenvalue weighted by atomic mass is 35.5. The molecule has 31 heavy (non-hydrogen) atoms. The van der Waals surface area contributed by atoms with Gasteiger partial charge in [0.1, 0.15) is 6.04 Å². The van der Waals surface area contributed by atoms with Crippen molar-refractivity contribution >= 4 is 29.3 Å². The zero-order chi connectivity index (χ0) is 22.4. The Kier molecular flexibility index (Phi) is 7.94. The molecule has 1 aromatic carbocycles. The van der Waals surface area contributed by atoms with E-state index in [-0.39, 0.29) is 23.8 Å². The second-order valence-electron chi connectivity index (χ2n) is 8.69. The van der Waals surface area contributed by atoms with Crippen LogP contribution in [-0.2, 0) is 14.3 Å². The minimum Gasteiger partial charge on any atom is -0.379 e. The van der Waals surface area contributed by atoms with E-state index >= 15 is 0 Å². The van der Waals surface area contributed by atoms with E-state index in [9.17, 15) is 14.4 Å². The Morgan fingerprint density at radius 1 is 1.10 bits per heavy atom. The third-order valence-corrected chi connectivity index (χ3v) is 6.61. The number of ether oxygens (including phenoxy) is 1. The quantitative estimate of drug-likeness (QED) is 0.690. The lowest BCUT2D eigenvalue weighted by atomic mass is 9.73. The van der Waals surface area contributed by atoms with E-state index in [1.807, 2.05) is 6.92 Å². The Labute approximate surface area is 188 Å². The molecule has 0 bridgehead atoms. The van der Waals surface area contributed by atoms with Gasteiger partial charge >= 0.3 is 0 Å². The summed E-state index contributed by atoms with van der Waals surface area (Å²) in [7, 11) is 0. The van der Waals surface area contributed by atoms with Crippen molar-refractivity contribution in [1.29, 1.82) is 0 Å². The topological polar surface area (TPSA) is 87.7 Å². The Bertz CT molecular complexity index is 808. The summed E-state index contributed by atoms with van der Waals surface area (Å²) in [6.45, 7) is 5.60. The number of amides is 3. The summed E-state index contributed by atoms with van der Waals surface area (Å²) in [5.41, 5.74) is -0.109. The maximum atomic E-state index is 13.3. The molecule has 0 radical (unpaired) electrons. The number of carbonyl (C=O) groups excluding carboxylic acids is 3. The smallest absolute Gasteiger partial charge is 0.255 e. The summed E-state index contributed by atoms with van der Waals surface area (Å²) in [4.78, 5) is 40.4. The fourth-order valence-electron chi connectivity index (χ4n) is 4.29. The van der Waals surface area contributed by atoms with Gasteiger partial charge in [-0.15, -0.1) is 0 Å². The predicted molar refractivity (Wildman–Crippen MR) is 119 cm³/mol. The predicted octanol–water partition coefficient (Wildman–Crippen LogP) is 2.77. The zero-order valence-electron chi connectivity index (χ0n) is 18.3. The number of rotatable bonds is 1. The van der Waals surface area contributed by atoms with Crippen LogP contribution in [0.4, 0.5) is 0 Å². The molecule has 7 nitrogen and oxygen atoms in total. The van der Waals surface area contributed by atoms with Gasteiger partial charge < -0.3 is 20.3 Å². The van der Waals surface area contributed by atoms with Gasteiger partial charge in [0.25, 0.3) is 5.91 Å². The molecule has 0 aliphatic carbocycles. The molecular formula is C23H32ClN3O4. The summed E-state index contributed by atoms with van der Waals surface area (Å²) in [6.07, 6.45) is 3.53. The first-order valence-electron chi connectivity index (χ1n) is 11.1. The maximum absolute atomic E-state index is 13.3. The molecular weight excluding hydrogens is 418 g/mol. The molecule has 0 aromatic heterocycles. The minimum absolute atomic E-state index is 0.104. The molecule has 170 valence electrons. The monoisotopic (exact) mass is 449 g/mol. The maximum Gasteiger partial charge on any atom is 0.255 e. The summed E-state index contributed by atoms with van der Waals surface area (Å²) in [5, 5.41) is 6.23. The van der Waals surface area contributed by atoms with Gasteiger partial charge in [-0.05, 0) is 51.7 Å². The fourth-order valence-corrected chi connectivity index (χ4v) is 4.50. The van der Waals surface area contributed by atoms with E-state index in [0.717, 1.165) is 12.8 Å². The molecule has 8 heteroatoms. The normalized spacial score (nSPS) is 25.6. The van der Waals surface area contributed by atoms with Crippen molar-refractivity contribution in [3.8, 4) is 0 Å². The number of likely N-dealkylation sites (tertiary alicyclic amines) is 1. The summed E-state index contributed by atoms with van der Waals surface area (Å²) in [5.74, 6) is -0.432. The van der Waals surface area contributed by atoms with Crippen molar-refractivity contribution in [3.05, 3.63) is 34.9 Å². The van der Waals surface area contributed by atoms with Crippen LogP contribution >= 0.6 is 11.6 Å². The number of hydrogen-bond donors (Lipinski definition) is 2. The molecule has 2 saturated heterocycles. The average molecular weight is 450 g/mol. The van der Waals surface area contributed by atoms with Gasteiger partial charge in [0.05, 0.1) is 22.6 Å². The molecule has 1 spiro atoms. The average Bonchev–Trinajstić information content (AvgIpc) is 2.76. The van der Waals surface area contributed by atoms with Crippen LogP contribution in [0, 0.1) is 5.41 Å². The molecule has 2 atom stereocenters. The Morgan fingerprint density at radius 3 is 2.52 bits per heavy atom. The number of nitrogens with one attached hydrogen (secondary N) is 2. The van der Waals surface area contributed by atoms with Crippen LogP contribution in [0.15, 0.2) is 24.3 Å². The first kappa shape index (κ1) is 23.5. The van der Waals surface area contributed by atoms with Crippen molar-refractivity contribution in [3.63, 3.8) is 0 Å². The molecule has 0 unspecified atom stereocenters. The molecule has 2 aliphatic rings. The lowest BCUT2D eigenvalue weighted by molar-refractivity contribution is -0.137. The number of benzene rings is 1. The largest absolute Gasteiger partial charge is 0.379 e. The first-order chi connectivity index (χ1) is 14.8. The van der Waals surface area contributed by atoms with Crippen LogP contribution in [0.3, 0.4) is 0 Å². The van der Waals surface area contributed by atoms with Gasteiger partial charge in [-0.3, -0.25) is 14.4 Å². The van der Waals surface area contributed by atoms with Gasteiger partial charge in [0.15, 0.2) is 0 Å². The summed E-state index contributed by atoms with van der Waals surface area (Å²) >= 11 is 6.20. The van der Waals surface area contributed by atoms with E-state index in [0.29, 0.717) is 56.2 Å². The first-order valence-corrected chi connectivity index (χ1v) is 11.4. The Morgan fingerprint density at radius 2 is 1.81 bits per heavy atom. The second kappa shape index (κ2) is 10.5. The van der Waals surface area contributed by atoms with Crippen molar-refractivity contribution in [2.24, 2.45) is 5.41 Å². The van der Waals surface area contributed by atoms with Gasteiger partial charge in [-0.2, -0.15) is 0 Å². The third-order valence-electron chi connectivity index (χ3n) is 6.29. The van der Waals surface area contributed by atoms with Crippen LogP contribution in [0.2, 0.25) is 5.02 Å². The number of piperidine rings is 1. The number of hydrogen-bond acceptors (Lipinski definition) is 4. The van der Waals surface area contributed by atoms with Crippen LogP contribution in [0.1, 0.15) is 56.3 Å². The molecule has 1 aromatic rings. The Balaban J connectivity index is 1.71. The van der Waals surface area contributed by atoms with Gasteiger partial charge in [-0.25, -0.2) is 0 Å². The molecule has 2 fully saturated rings. The molecule has 2 N–H and O–H groups in total. The number of nitrogens with zero attached hydrogens (tertiary/aromatic N) is 1. The number of halogens is 1. The zero-order valence-corrected chi connectivity index (χ0v) is 19.0. The van der Waals surface area contributed by atoms with Crippen LogP contribution in [0.5, 0.6) is 0 Å². The highest BCUT2D eigenvalue weighted by molar-refractivity contribution is 6.33. The second-order valence-corrected chi connectivity index (χ2v) is 9.10. The van der Waals surface area contributed by atoms with Crippen molar-refractivity contribution in [2.45, 2.75) is 58.0 Å². The van der Waals surface area contributed by atoms with Gasteiger partial charge in [-0.1, -0.05) is 30.2 Å². The van der Waals surface area contributed by atoms with Gasteiger partial charge in [0, 0.05) is 25.7 Å². The number of carbonyl (C=O) groups is 3. The van der Waals surface area contributed by atoms with Crippen LogP contribution in [-0.4, -0.2) is 61.0 Å². The summed E-state index contributed by atoms with van der Waals surface area (Å²) < 4.78 is 5.67. The van der Waals surface area contributed by atoms with Gasteiger partial charge in [0.2, 0.25) is 11.8 Å². The van der Waals surface area contributed by atoms with E-state index < -0.39 is 11.5 Å². The lowest BCUT2D eigenvalue weighted by Gasteiger charge is -2.41. The lowest BCUT2D eigenvalue weighted by Crippen LogP contribution is -2.55.